The molecular weight excluding hydrogens is 251 g/mol. The fourth-order valence-electron chi connectivity index (χ4n) is 1.33. The number of nitrogens with one attached hydrogen (secondary N) is 1. The minimum atomic E-state index is -4.98. The van der Waals surface area contributed by atoms with Crippen LogP contribution in [0.1, 0.15) is 22.8 Å². The summed E-state index contributed by atoms with van der Waals surface area (Å²) in [4.78, 5) is 21.5. The minimum absolute atomic E-state index is 0.0372. The zero-order chi connectivity index (χ0) is 13.9. The first-order valence-corrected chi connectivity index (χ1v) is 5.00. The number of hydrogen-bond donors (Lipinski definition) is 2. The summed E-state index contributed by atoms with van der Waals surface area (Å²) < 4.78 is 36.2. The van der Waals surface area contributed by atoms with Crippen LogP contribution in [0.25, 0.3) is 0 Å². The molecule has 0 atom stereocenters. The first kappa shape index (κ1) is 14.0. The Morgan fingerprint density at radius 1 is 1.33 bits per heavy atom. The molecule has 0 saturated carbocycles. The summed E-state index contributed by atoms with van der Waals surface area (Å²) in [7, 11) is 0. The Bertz CT molecular complexity index is 483. The van der Waals surface area contributed by atoms with Crippen molar-refractivity contribution in [2.24, 2.45) is 0 Å². The van der Waals surface area contributed by atoms with Gasteiger partial charge < -0.3 is 10.4 Å². The summed E-state index contributed by atoms with van der Waals surface area (Å²) in [6.07, 6.45) is -4.68. The number of alkyl halides is 3. The van der Waals surface area contributed by atoms with E-state index in [9.17, 15) is 22.8 Å². The maximum atomic E-state index is 12.1. The predicted octanol–water partition coefficient (Wildman–Crippen LogP) is 2.45. The standard InChI is InChI=1S/C11H10F3NO3/c1-2-6-5-7(9(16)17)3-4-8(6)15-10(18)11(12,13)14/h3-5H,2H2,1H3,(H,15,18)(H,16,17). The molecule has 0 unspecified atom stereocenters. The Morgan fingerprint density at radius 3 is 2.39 bits per heavy atom. The van der Waals surface area contributed by atoms with Crippen molar-refractivity contribution in [1.29, 1.82) is 0 Å². The van der Waals surface area contributed by atoms with Crippen molar-refractivity contribution < 1.29 is 27.9 Å². The number of aromatic carboxylic acids is 1. The smallest absolute Gasteiger partial charge is 0.471 e. The molecule has 1 aromatic rings. The molecule has 1 amide bonds. The summed E-state index contributed by atoms with van der Waals surface area (Å²) in [5, 5.41) is 10.5. The van der Waals surface area contributed by atoms with Crippen LogP contribution in [0.5, 0.6) is 0 Å². The molecular formula is C11H10F3NO3. The van der Waals surface area contributed by atoms with E-state index in [1.807, 2.05) is 0 Å². The number of carbonyl (C=O) groups is 2. The van der Waals surface area contributed by atoms with E-state index in [1.165, 1.54) is 6.07 Å². The van der Waals surface area contributed by atoms with Crippen LogP contribution in [0.2, 0.25) is 0 Å². The van der Waals surface area contributed by atoms with Crippen molar-refractivity contribution in [3.63, 3.8) is 0 Å². The highest BCUT2D eigenvalue weighted by molar-refractivity contribution is 5.96. The maximum Gasteiger partial charge on any atom is 0.471 e. The van der Waals surface area contributed by atoms with Crippen molar-refractivity contribution in [3.8, 4) is 0 Å². The Kier molecular flexibility index (Phi) is 3.95. The molecule has 4 nitrogen and oxygen atoms in total. The van der Waals surface area contributed by atoms with Gasteiger partial charge in [0.1, 0.15) is 0 Å². The third kappa shape index (κ3) is 3.22. The molecule has 0 heterocycles. The molecule has 0 fully saturated rings. The van der Waals surface area contributed by atoms with Crippen LogP contribution in [0.3, 0.4) is 0 Å². The number of carbonyl (C=O) groups excluding carboxylic acids is 1. The monoisotopic (exact) mass is 261 g/mol. The highest BCUT2D eigenvalue weighted by atomic mass is 19.4. The molecule has 18 heavy (non-hydrogen) atoms. The van der Waals surface area contributed by atoms with E-state index in [0.29, 0.717) is 12.0 Å². The number of benzene rings is 1. The van der Waals surface area contributed by atoms with E-state index < -0.39 is 18.1 Å². The van der Waals surface area contributed by atoms with Gasteiger partial charge in [0, 0.05) is 5.69 Å². The third-order valence-electron chi connectivity index (χ3n) is 2.24. The molecule has 98 valence electrons. The fraction of sp³-hybridized carbons (Fsp3) is 0.273. The second-order valence-electron chi connectivity index (χ2n) is 3.48. The second kappa shape index (κ2) is 5.07. The number of halogens is 3. The van der Waals surface area contributed by atoms with Gasteiger partial charge in [0.2, 0.25) is 0 Å². The third-order valence-corrected chi connectivity index (χ3v) is 2.24. The van der Waals surface area contributed by atoms with Gasteiger partial charge in [0.15, 0.2) is 0 Å². The van der Waals surface area contributed by atoms with Crippen LogP contribution in [0, 0.1) is 0 Å². The number of rotatable bonds is 3. The van der Waals surface area contributed by atoms with E-state index >= 15 is 0 Å². The summed E-state index contributed by atoms with van der Waals surface area (Å²) in [5.74, 6) is -3.27. The molecule has 0 aromatic heterocycles. The number of hydrogen-bond acceptors (Lipinski definition) is 2. The van der Waals surface area contributed by atoms with Crippen molar-refractivity contribution in [1.82, 2.24) is 0 Å². The van der Waals surface area contributed by atoms with Crippen molar-refractivity contribution >= 4 is 17.6 Å². The lowest BCUT2D eigenvalue weighted by Crippen LogP contribution is -2.30. The molecule has 2 N–H and O–H groups in total. The number of amides is 1. The largest absolute Gasteiger partial charge is 0.478 e. The number of aryl methyl sites for hydroxylation is 1. The number of anilines is 1. The molecule has 0 aliphatic rings. The molecule has 0 radical (unpaired) electrons. The molecule has 0 bridgehead atoms. The Morgan fingerprint density at radius 2 is 1.94 bits per heavy atom. The van der Waals surface area contributed by atoms with Gasteiger partial charge in [-0.1, -0.05) is 6.92 Å². The van der Waals surface area contributed by atoms with Gasteiger partial charge in [0.05, 0.1) is 5.56 Å². The van der Waals surface area contributed by atoms with Gasteiger partial charge in [-0.05, 0) is 30.2 Å². The molecule has 0 aliphatic carbocycles. The van der Waals surface area contributed by atoms with Gasteiger partial charge in [-0.2, -0.15) is 13.2 Å². The fourth-order valence-corrected chi connectivity index (χ4v) is 1.33. The zero-order valence-electron chi connectivity index (χ0n) is 9.34. The molecule has 1 aromatic carbocycles. The van der Waals surface area contributed by atoms with E-state index in [1.54, 1.807) is 12.2 Å². The van der Waals surface area contributed by atoms with Crippen molar-refractivity contribution in [3.05, 3.63) is 29.3 Å². The summed E-state index contributed by atoms with van der Waals surface area (Å²) in [5.41, 5.74) is 0.245. The van der Waals surface area contributed by atoms with Crippen molar-refractivity contribution in [2.45, 2.75) is 19.5 Å². The topological polar surface area (TPSA) is 66.4 Å². The van der Waals surface area contributed by atoms with E-state index in [4.69, 9.17) is 5.11 Å². The average Bonchev–Trinajstić information content (AvgIpc) is 2.27. The second-order valence-corrected chi connectivity index (χ2v) is 3.48. The normalized spacial score (nSPS) is 11.1. The van der Waals surface area contributed by atoms with Gasteiger partial charge in [-0.25, -0.2) is 4.79 Å². The van der Waals surface area contributed by atoms with Crippen LogP contribution in [0.15, 0.2) is 18.2 Å². The van der Waals surface area contributed by atoms with Gasteiger partial charge in [-0.15, -0.1) is 0 Å². The zero-order valence-corrected chi connectivity index (χ0v) is 9.34. The number of carboxylic acid groups (broad SMARTS) is 1. The van der Waals surface area contributed by atoms with Crippen LogP contribution < -0.4 is 5.32 Å². The average molecular weight is 261 g/mol. The first-order chi connectivity index (χ1) is 8.25. The van der Waals surface area contributed by atoms with E-state index in [-0.39, 0.29) is 11.3 Å². The van der Waals surface area contributed by atoms with E-state index in [0.717, 1.165) is 12.1 Å². The van der Waals surface area contributed by atoms with Gasteiger partial charge in [0.25, 0.3) is 0 Å². The van der Waals surface area contributed by atoms with Crippen molar-refractivity contribution in [2.75, 3.05) is 5.32 Å². The van der Waals surface area contributed by atoms with Crippen LogP contribution in [-0.2, 0) is 11.2 Å². The molecule has 0 saturated heterocycles. The van der Waals surface area contributed by atoms with Crippen LogP contribution in [-0.4, -0.2) is 23.2 Å². The Labute approximate surface area is 100 Å². The molecule has 7 heteroatoms. The molecule has 0 spiro atoms. The Hall–Kier alpha value is -2.05. The lowest BCUT2D eigenvalue weighted by Gasteiger charge is -2.12. The SMILES string of the molecule is CCc1cc(C(=O)O)ccc1NC(=O)C(F)(F)F. The summed E-state index contributed by atoms with van der Waals surface area (Å²) >= 11 is 0. The maximum absolute atomic E-state index is 12.1. The highest BCUT2D eigenvalue weighted by Gasteiger charge is 2.38. The van der Waals surface area contributed by atoms with E-state index in [2.05, 4.69) is 0 Å². The lowest BCUT2D eigenvalue weighted by atomic mass is 10.1. The first-order valence-electron chi connectivity index (χ1n) is 5.00. The van der Waals surface area contributed by atoms with Gasteiger partial charge >= 0.3 is 18.1 Å². The quantitative estimate of drug-likeness (QED) is 0.878. The Balaban J connectivity index is 3.04. The lowest BCUT2D eigenvalue weighted by molar-refractivity contribution is -0.167. The predicted molar refractivity (Wildman–Crippen MR) is 57.5 cm³/mol. The summed E-state index contributed by atoms with van der Waals surface area (Å²) in [6, 6.07) is 3.51. The van der Waals surface area contributed by atoms with Crippen LogP contribution in [0.4, 0.5) is 18.9 Å². The summed E-state index contributed by atoms with van der Waals surface area (Å²) in [6.45, 7) is 1.64. The molecule has 0 aliphatic heterocycles. The number of carboxylic acids is 1. The minimum Gasteiger partial charge on any atom is -0.478 e. The van der Waals surface area contributed by atoms with Crippen LogP contribution >= 0.6 is 0 Å². The van der Waals surface area contributed by atoms with Gasteiger partial charge in [-0.3, -0.25) is 4.79 Å². The highest BCUT2D eigenvalue weighted by Crippen LogP contribution is 2.22. The molecule has 1 rings (SSSR count).